The van der Waals surface area contributed by atoms with E-state index < -0.39 is 18.0 Å². The van der Waals surface area contributed by atoms with Crippen molar-refractivity contribution in [3.05, 3.63) is 36.0 Å². The number of fused-ring (bicyclic) bond motifs is 1. The van der Waals surface area contributed by atoms with Crippen LogP contribution in [0.5, 0.6) is 0 Å². The van der Waals surface area contributed by atoms with Crippen LogP contribution in [0.2, 0.25) is 0 Å². The Hall–Kier alpha value is -3.09. The minimum atomic E-state index is -5.08. The Bertz CT molecular complexity index is 897. The average Bonchev–Trinajstić information content (AvgIpc) is 2.75. The molecule has 2 saturated heterocycles. The number of hydrogen-bond donors (Lipinski definition) is 2. The maximum atomic E-state index is 13.1. The van der Waals surface area contributed by atoms with Gasteiger partial charge in [-0.25, -0.2) is 19.2 Å². The van der Waals surface area contributed by atoms with Crippen molar-refractivity contribution in [3.8, 4) is 0 Å². The van der Waals surface area contributed by atoms with Crippen molar-refractivity contribution in [2.24, 2.45) is 5.92 Å². The topological polar surface area (TPSA) is 113 Å². The number of hydrogen-bond acceptors (Lipinski definition) is 8. The fourth-order valence-electron chi connectivity index (χ4n) is 3.63. The second-order valence-electron chi connectivity index (χ2n) is 7.46. The van der Waals surface area contributed by atoms with Gasteiger partial charge in [-0.05, 0) is 31.9 Å². The van der Waals surface area contributed by atoms with Crippen molar-refractivity contribution in [3.63, 3.8) is 0 Å². The van der Waals surface area contributed by atoms with Gasteiger partial charge in [0.05, 0.1) is 30.2 Å². The van der Waals surface area contributed by atoms with Crippen molar-refractivity contribution in [2.75, 3.05) is 29.9 Å². The van der Waals surface area contributed by atoms with Crippen LogP contribution in [0.25, 0.3) is 0 Å². The molecule has 0 aromatic carbocycles. The van der Waals surface area contributed by atoms with Crippen LogP contribution in [0.15, 0.2) is 24.5 Å². The number of piperidine rings is 1. The number of nitrogens with zero attached hydrogens (tertiary/aromatic N) is 5. The highest BCUT2D eigenvalue weighted by Crippen LogP contribution is 2.31. The van der Waals surface area contributed by atoms with E-state index >= 15 is 0 Å². The zero-order valence-corrected chi connectivity index (χ0v) is 17.1. The van der Waals surface area contributed by atoms with Gasteiger partial charge in [-0.3, -0.25) is 0 Å². The normalized spacial score (nSPS) is 22.9. The van der Waals surface area contributed by atoms with Gasteiger partial charge >= 0.3 is 12.1 Å². The molecule has 4 heterocycles. The zero-order valence-electron chi connectivity index (χ0n) is 17.1. The molecule has 0 aliphatic carbocycles. The Kier molecular flexibility index (Phi) is 7.38. The summed E-state index contributed by atoms with van der Waals surface area (Å²) in [6.45, 7) is 4.17. The average molecular weight is 458 g/mol. The predicted molar refractivity (Wildman–Crippen MR) is 105 cm³/mol. The smallest absolute Gasteiger partial charge is 0.475 e. The summed E-state index contributed by atoms with van der Waals surface area (Å²) >= 11 is 0. The lowest BCUT2D eigenvalue weighted by Crippen LogP contribution is -2.58. The lowest BCUT2D eigenvalue weighted by Gasteiger charge is -2.46. The monoisotopic (exact) mass is 458 g/mol. The molecule has 32 heavy (non-hydrogen) atoms. The first kappa shape index (κ1) is 23.6. The molecule has 2 aliphatic rings. The number of carbonyl (C=O) groups is 1. The van der Waals surface area contributed by atoms with E-state index in [1.807, 2.05) is 19.1 Å². The Morgan fingerprint density at radius 3 is 2.50 bits per heavy atom. The number of aliphatic carboxylic acids is 1. The third-order valence-electron chi connectivity index (χ3n) is 5.03. The van der Waals surface area contributed by atoms with E-state index in [-0.39, 0.29) is 12.1 Å². The maximum absolute atomic E-state index is 13.1. The first-order valence-corrected chi connectivity index (χ1v) is 9.84. The summed E-state index contributed by atoms with van der Waals surface area (Å²) in [7, 11) is 0. The molecule has 0 spiro atoms. The molecule has 4 rings (SSSR count). The number of halogens is 4. The summed E-state index contributed by atoms with van der Waals surface area (Å²) < 4.78 is 50.9. The van der Waals surface area contributed by atoms with Crippen LogP contribution in [0.1, 0.15) is 18.5 Å². The summed E-state index contributed by atoms with van der Waals surface area (Å²) in [6.07, 6.45) is -0.399. The Labute approximate surface area is 180 Å². The van der Waals surface area contributed by atoms with E-state index in [2.05, 4.69) is 30.4 Å². The molecule has 2 N–H and O–H groups in total. The van der Waals surface area contributed by atoms with Gasteiger partial charge in [0.25, 0.3) is 0 Å². The van der Waals surface area contributed by atoms with Gasteiger partial charge in [0.15, 0.2) is 5.82 Å². The van der Waals surface area contributed by atoms with Gasteiger partial charge in [0.1, 0.15) is 5.82 Å². The molecule has 13 heteroatoms. The van der Waals surface area contributed by atoms with Gasteiger partial charge in [0.2, 0.25) is 5.95 Å². The minimum Gasteiger partial charge on any atom is -0.475 e. The molecule has 0 bridgehead atoms. The molecule has 0 unspecified atom stereocenters. The quantitative estimate of drug-likeness (QED) is 0.670. The summed E-state index contributed by atoms with van der Waals surface area (Å²) in [4.78, 5) is 19.3. The van der Waals surface area contributed by atoms with Gasteiger partial charge in [-0.15, -0.1) is 5.10 Å². The molecule has 2 aromatic heterocycles. The Morgan fingerprint density at radius 2 is 1.91 bits per heavy atom. The van der Waals surface area contributed by atoms with Crippen molar-refractivity contribution in [2.45, 2.75) is 38.1 Å². The number of carboxylic acids is 1. The van der Waals surface area contributed by atoms with Gasteiger partial charge < -0.3 is 20.1 Å². The molecule has 3 atom stereocenters. The summed E-state index contributed by atoms with van der Waals surface area (Å²) in [5.74, 6) is -1.53. The van der Waals surface area contributed by atoms with E-state index in [9.17, 15) is 17.6 Å². The lowest BCUT2D eigenvalue weighted by atomic mass is 9.85. The van der Waals surface area contributed by atoms with E-state index in [4.69, 9.17) is 14.6 Å². The highest BCUT2D eigenvalue weighted by atomic mass is 19.4. The predicted octanol–water partition coefficient (Wildman–Crippen LogP) is 2.44. The van der Waals surface area contributed by atoms with Crippen LogP contribution in [-0.4, -0.2) is 69.3 Å². The van der Waals surface area contributed by atoms with Crippen LogP contribution in [-0.2, 0) is 9.53 Å². The van der Waals surface area contributed by atoms with Crippen LogP contribution in [0.4, 0.5) is 29.3 Å². The molecule has 2 aromatic rings. The highest BCUT2D eigenvalue weighted by molar-refractivity contribution is 5.73. The molecular weight excluding hydrogens is 436 g/mol. The SMILES string of the molecule is Cc1ccc(N[C@@H]2CN(c3ncc(F)cn3)C[C@@H]3CCCO[C@@H]32)nn1.O=C(O)C(F)(F)F. The van der Waals surface area contributed by atoms with Crippen LogP contribution < -0.4 is 10.2 Å². The molecule has 0 radical (unpaired) electrons. The second-order valence-corrected chi connectivity index (χ2v) is 7.46. The number of anilines is 2. The minimum absolute atomic E-state index is 0.0460. The third kappa shape index (κ3) is 6.22. The van der Waals surface area contributed by atoms with Crippen LogP contribution in [0.3, 0.4) is 0 Å². The van der Waals surface area contributed by atoms with Crippen molar-refractivity contribution >= 4 is 17.7 Å². The van der Waals surface area contributed by atoms with Crippen LogP contribution in [0, 0.1) is 18.7 Å². The first-order chi connectivity index (χ1) is 15.1. The number of aryl methyl sites for hydroxylation is 1. The Balaban J connectivity index is 0.000000360. The van der Waals surface area contributed by atoms with Gasteiger partial charge in [-0.2, -0.15) is 18.3 Å². The first-order valence-electron chi connectivity index (χ1n) is 9.84. The van der Waals surface area contributed by atoms with Gasteiger partial charge in [0, 0.05) is 25.6 Å². The molecule has 2 aliphatic heterocycles. The standard InChI is InChI=1S/C17H21FN6O.C2HF3O2/c1-11-4-5-15(23-22-11)21-14-10-24(17-19-7-13(18)8-20-17)9-12-3-2-6-25-16(12)14;3-2(4,5)1(6)7/h4-5,7-8,12,14,16H,2-3,6,9-10H2,1H3,(H,21,23);(H,6,7)/t12-,14+,16-;/m0./s1. The molecule has 0 saturated carbocycles. The summed E-state index contributed by atoms with van der Waals surface area (Å²) in [5, 5.41) is 18.9. The van der Waals surface area contributed by atoms with Crippen LogP contribution >= 0.6 is 0 Å². The third-order valence-corrected chi connectivity index (χ3v) is 5.03. The van der Waals surface area contributed by atoms with E-state index in [0.29, 0.717) is 18.4 Å². The fraction of sp³-hybridized carbons (Fsp3) is 0.526. The van der Waals surface area contributed by atoms with E-state index in [1.54, 1.807) is 0 Å². The van der Waals surface area contributed by atoms with E-state index in [1.165, 1.54) is 12.4 Å². The van der Waals surface area contributed by atoms with Crippen molar-refractivity contribution < 1.29 is 32.2 Å². The number of carboxylic acid groups (broad SMARTS) is 1. The molecule has 2 fully saturated rings. The largest absolute Gasteiger partial charge is 0.490 e. The maximum Gasteiger partial charge on any atom is 0.490 e. The molecule has 174 valence electrons. The van der Waals surface area contributed by atoms with Gasteiger partial charge in [-0.1, -0.05) is 0 Å². The molecular formula is C19H22F4N6O3. The zero-order chi connectivity index (χ0) is 23.3. The number of rotatable bonds is 3. The number of aromatic nitrogens is 4. The number of nitrogens with one attached hydrogen (secondary N) is 1. The molecule has 9 nitrogen and oxygen atoms in total. The fourth-order valence-corrected chi connectivity index (χ4v) is 3.63. The lowest BCUT2D eigenvalue weighted by molar-refractivity contribution is -0.192. The highest BCUT2D eigenvalue weighted by Gasteiger charge is 2.40. The second kappa shape index (κ2) is 10.0. The van der Waals surface area contributed by atoms with Crippen molar-refractivity contribution in [1.29, 1.82) is 0 Å². The number of ether oxygens (including phenoxy) is 1. The van der Waals surface area contributed by atoms with E-state index in [0.717, 1.165) is 37.5 Å². The number of alkyl halides is 3. The summed E-state index contributed by atoms with van der Waals surface area (Å²) in [5.41, 5.74) is 0.877. The van der Waals surface area contributed by atoms with Crippen molar-refractivity contribution in [1.82, 2.24) is 20.2 Å². The summed E-state index contributed by atoms with van der Waals surface area (Å²) in [6, 6.07) is 3.90. The molecule has 0 amide bonds. The Morgan fingerprint density at radius 1 is 1.22 bits per heavy atom.